The van der Waals surface area contributed by atoms with Crippen molar-refractivity contribution < 1.29 is 27.8 Å². The molecule has 1 unspecified atom stereocenters. The van der Waals surface area contributed by atoms with Crippen LogP contribution in [0, 0.1) is 19.8 Å². The Kier molecular flexibility index (Phi) is 4.98. The molecule has 1 atom stereocenters. The molecule has 11 heteroatoms. The van der Waals surface area contributed by atoms with Crippen LogP contribution in [0.1, 0.15) is 29.8 Å². The fourth-order valence-electron chi connectivity index (χ4n) is 3.33. The highest BCUT2D eigenvalue weighted by Gasteiger charge is 2.39. The number of carbonyl (C=O) groups is 1. The number of hydrogen-bond donors (Lipinski definition) is 1. The number of alkyl halides is 3. The number of aromatic nitrogens is 4. The van der Waals surface area contributed by atoms with E-state index in [-0.39, 0.29) is 11.6 Å². The Balaban J connectivity index is 1.89. The Morgan fingerprint density at radius 3 is 2.41 bits per heavy atom. The number of rotatable bonds is 3. The summed E-state index contributed by atoms with van der Waals surface area (Å²) in [5, 5.41) is 21.0. The summed E-state index contributed by atoms with van der Waals surface area (Å²) in [5.74, 6) is -1.70. The molecule has 148 valence electrons. The van der Waals surface area contributed by atoms with E-state index in [0.29, 0.717) is 37.3 Å². The predicted molar refractivity (Wildman–Crippen MR) is 88.2 cm³/mol. The fourth-order valence-corrected chi connectivity index (χ4v) is 3.33. The second-order valence-corrected chi connectivity index (χ2v) is 6.62. The van der Waals surface area contributed by atoms with Crippen LogP contribution in [0.25, 0.3) is 5.65 Å². The SMILES string of the molecule is COC(=O)C(O)C1CCN(c2nn3c(C(F)(F)F)nnc3c(C)c2C)CC1. The molecule has 3 rings (SSSR count). The lowest BCUT2D eigenvalue weighted by atomic mass is 9.91. The molecule has 0 radical (unpaired) electrons. The Morgan fingerprint density at radius 1 is 1.22 bits per heavy atom. The monoisotopic (exact) mass is 387 g/mol. The molecule has 2 aromatic heterocycles. The number of halogens is 3. The number of anilines is 1. The highest BCUT2D eigenvalue weighted by molar-refractivity contribution is 5.74. The molecule has 27 heavy (non-hydrogen) atoms. The molecule has 0 bridgehead atoms. The van der Waals surface area contributed by atoms with Crippen molar-refractivity contribution >= 4 is 17.4 Å². The summed E-state index contributed by atoms with van der Waals surface area (Å²) >= 11 is 0. The molecule has 8 nitrogen and oxygen atoms in total. The summed E-state index contributed by atoms with van der Waals surface area (Å²) in [6, 6.07) is 0. The van der Waals surface area contributed by atoms with Crippen molar-refractivity contribution in [2.75, 3.05) is 25.1 Å². The summed E-state index contributed by atoms with van der Waals surface area (Å²) < 4.78 is 44.8. The minimum Gasteiger partial charge on any atom is -0.467 e. The molecule has 0 amide bonds. The first kappa shape index (κ1) is 19.3. The number of aryl methyl sites for hydroxylation is 1. The standard InChI is InChI=1S/C16H20F3N5O3/c1-8-9(2)13(22-24-12(8)20-21-15(24)16(17,18)19)23-6-4-10(5-7-23)11(25)14(26)27-3/h10-11,25H,4-7H2,1-3H3. The van der Waals surface area contributed by atoms with Gasteiger partial charge in [0.25, 0.3) is 5.82 Å². The average Bonchev–Trinajstić information content (AvgIpc) is 3.08. The number of ether oxygens (including phenoxy) is 1. The number of aliphatic hydroxyl groups excluding tert-OH is 1. The number of aliphatic hydroxyl groups is 1. The van der Waals surface area contributed by atoms with Gasteiger partial charge in [0.05, 0.1) is 7.11 Å². The van der Waals surface area contributed by atoms with Crippen molar-refractivity contribution in [2.24, 2.45) is 5.92 Å². The van der Waals surface area contributed by atoms with Gasteiger partial charge in [0.15, 0.2) is 17.6 Å². The third-order valence-corrected chi connectivity index (χ3v) is 5.05. The van der Waals surface area contributed by atoms with Gasteiger partial charge in [-0.2, -0.15) is 17.7 Å². The third kappa shape index (κ3) is 3.43. The van der Waals surface area contributed by atoms with Gasteiger partial charge in [-0.15, -0.1) is 15.3 Å². The van der Waals surface area contributed by atoms with Gasteiger partial charge >= 0.3 is 12.1 Å². The van der Waals surface area contributed by atoms with E-state index in [0.717, 1.165) is 10.1 Å². The number of hydrogen-bond acceptors (Lipinski definition) is 7. The highest BCUT2D eigenvalue weighted by Crippen LogP contribution is 2.32. The van der Waals surface area contributed by atoms with E-state index in [1.807, 2.05) is 4.90 Å². The van der Waals surface area contributed by atoms with Crippen LogP contribution >= 0.6 is 0 Å². The van der Waals surface area contributed by atoms with Crippen molar-refractivity contribution in [1.82, 2.24) is 19.8 Å². The van der Waals surface area contributed by atoms with Gasteiger partial charge in [-0.05, 0) is 32.6 Å². The maximum Gasteiger partial charge on any atom is 0.453 e. The second-order valence-electron chi connectivity index (χ2n) is 6.62. The first-order valence-corrected chi connectivity index (χ1v) is 8.45. The molecule has 1 aliphatic heterocycles. The van der Waals surface area contributed by atoms with Crippen LogP contribution in [0.5, 0.6) is 0 Å². The summed E-state index contributed by atoms with van der Waals surface area (Å²) in [6.07, 6.45) is -4.89. The van der Waals surface area contributed by atoms with Gasteiger partial charge in [0.1, 0.15) is 0 Å². The molecule has 0 aliphatic carbocycles. The Hall–Kier alpha value is -2.43. The molecule has 0 spiro atoms. The van der Waals surface area contributed by atoms with Gasteiger partial charge in [0, 0.05) is 24.2 Å². The minimum absolute atomic E-state index is 0.0691. The van der Waals surface area contributed by atoms with Crippen LogP contribution < -0.4 is 4.90 Å². The summed E-state index contributed by atoms with van der Waals surface area (Å²) in [5.41, 5.74) is 1.36. The van der Waals surface area contributed by atoms with Crippen LogP contribution in [-0.2, 0) is 15.7 Å². The zero-order valence-electron chi connectivity index (χ0n) is 15.1. The van der Waals surface area contributed by atoms with Crippen molar-refractivity contribution in [3.63, 3.8) is 0 Å². The molecule has 1 saturated heterocycles. The molecular formula is C16H20F3N5O3. The number of esters is 1. The fraction of sp³-hybridized carbons (Fsp3) is 0.625. The van der Waals surface area contributed by atoms with Crippen LogP contribution in [-0.4, -0.2) is 57.2 Å². The maximum atomic E-state index is 13.2. The third-order valence-electron chi connectivity index (χ3n) is 5.05. The summed E-state index contributed by atoms with van der Waals surface area (Å²) in [4.78, 5) is 13.3. The number of nitrogens with zero attached hydrogens (tertiary/aromatic N) is 5. The van der Waals surface area contributed by atoms with Crippen molar-refractivity contribution in [2.45, 2.75) is 39.0 Å². The first-order chi connectivity index (χ1) is 12.6. The zero-order chi connectivity index (χ0) is 19.9. The molecule has 0 saturated carbocycles. The molecular weight excluding hydrogens is 367 g/mol. The van der Waals surface area contributed by atoms with Crippen molar-refractivity contribution in [3.8, 4) is 0 Å². The van der Waals surface area contributed by atoms with E-state index in [9.17, 15) is 23.1 Å². The lowest BCUT2D eigenvalue weighted by molar-refractivity contribution is -0.153. The maximum absolute atomic E-state index is 13.2. The van der Waals surface area contributed by atoms with Crippen LogP contribution in [0.15, 0.2) is 0 Å². The summed E-state index contributed by atoms with van der Waals surface area (Å²) in [6.45, 7) is 4.34. The van der Waals surface area contributed by atoms with Crippen LogP contribution in [0.3, 0.4) is 0 Å². The first-order valence-electron chi connectivity index (χ1n) is 8.45. The molecule has 1 aliphatic rings. The Labute approximate surface area is 152 Å². The number of piperidine rings is 1. The van der Waals surface area contributed by atoms with E-state index in [1.165, 1.54) is 7.11 Å². The molecule has 2 aromatic rings. The van der Waals surface area contributed by atoms with E-state index >= 15 is 0 Å². The predicted octanol–water partition coefficient (Wildman–Crippen LogP) is 1.51. The second kappa shape index (κ2) is 6.95. The lowest BCUT2D eigenvalue weighted by Gasteiger charge is -2.34. The van der Waals surface area contributed by atoms with E-state index in [4.69, 9.17) is 0 Å². The quantitative estimate of drug-likeness (QED) is 0.798. The van der Waals surface area contributed by atoms with Gasteiger partial charge in [0.2, 0.25) is 0 Å². The van der Waals surface area contributed by atoms with Crippen molar-refractivity contribution in [3.05, 3.63) is 17.0 Å². The molecule has 3 heterocycles. The van der Waals surface area contributed by atoms with Crippen LogP contribution in [0.4, 0.5) is 19.0 Å². The van der Waals surface area contributed by atoms with E-state index in [1.54, 1.807) is 13.8 Å². The normalized spacial score (nSPS) is 17.4. The zero-order valence-corrected chi connectivity index (χ0v) is 15.1. The highest BCUT2D eigenvalue weighted by atomic mass is 19.4. The molecule has 1 N–H and O–H groups in total. The van der Waals surface area contributed by atoms with Gasteiger partial charge < -0.3 is 14.7 Å². The topological polar surface area (TPSA) is 92.9 Å². The smallest absolute Gasteiger partial charge is 0.453 e. The Bertz CT molecular complexity index is 859. The average molecular weight is 387 g/mol. The van der Waals surface area contributed by atoms with Gasteiger partial charge in [-0.25, -0.2) is 4.79 Å². The molecule has 1 fully saturated rings. The summed E-state index contributed by atoms with van der Waals surface area (Å²) in [7, 11) is 1.21. The number of methoxy groups -OCH3 is 1. The number of fused-ring (bicyclic) bond motifs is 1. The number of carbonyl (C=O) groups excluding carboxylic acids is 1. The Morgan fingerprint density at radius 2 is 1.85 bits per heavy atom. The van der Waals surface area contributed by atoms with E-state index in [2.05, 4.69) is 20.0 Å². The largest absolute Gasteiger partial charge is 0.467 e. The minimum atomic E-state index is -4.66. The van der Waals surface area contributed by atoms with E-state index < -0.39 is 24.1 Å². The van der Waals surface area contributed by atoms with Gasteiger partial charge in [-0.1, -0.05) is 0 Å². The van der Waals surface area contributed by atoms with Crippen molar-refractivity contribution in [1.29, 1.82) is 0 Å². The van der Waals surface area contributed by atoms with Gasteiger partial charge in [-0.3, -0.25) is 0 Å². The molecule has 0 aromatic carbocycles. The lowest BCUT2D eigenvalue weighted by Crippen LogP contribution is -2.41. The van der Waals surface area contributed by atoms with Crippen LogP contribution in [0.2, 0.25) is 0 Å².